The summed E-state index contributed by atoms with van der Waals surface area (Å²) in [5.41, 5.74) is 19.1. The third-order valence-corrected chi connectivity index (χ3v) is 11.6. The lowest BCUT2D eigenvalue weighted by Gasteiger charge is -2.33. The van der Waals surface area contributed by atoms with Crippen molar-refractivity contribution in [1.82, 2.24) is 0 Å². The molecule has 2 aliphatic carbocycles. The zero-order valence-electron chi connectivity index (χ0n) is 32.2. The molecule has 0 saturated heterocycles. The molecule has 7 aromatic carbocycles. The first-order valence-electron chi connectivity index (χ1n) is 19.3. The van der Waals surface area contributed by atoms with Crippen molar-refractivity contribution < 1.29 is 0 Å². The molecule has 0 saturated carbocycles. The molecular formula is C53H47N. The highest BCUT2D eigenvalue weighted by Crippen LogP contribution is 2.63. The normalized spacial score (nSPS) is 13.8. The van der Waals surface area contributed by atoms with Crippen LogP contribution in [0, 0.1) is 0 Å². The third-order valence-electron chi connectivity index (χ3n) is 11.6. The summed E-state index contributed by atoms with van der Waals surface area (Å²) in [4.78, 5) is 2.30. The number of anilines is 3. The van der Waals surface area contributed by atoms with Gasteiger partial charge in [-0.3, -0.25) is 0 Å². The number of para-hydroxylation sites is 2. The van der Waals surface area contributed by atoms with E-state index in [4.69, 9.17) is 0 Å². The fraction of sp³-hybridized carbons (Fsp3) is 0.170. The molecular weight excluding hydrogens is 651 g/mol. The van der Waals surface area contributed by atoms with E-state index in [1.807, 2.05) is 0 Å². The van der Waals surface area contributed by atoms with Crippen LogP contribution in [-0.2, 0) is 16.2 Å². The highest BCUT2D eigenvalue weighted by Gasteiger charge is 2.52. The lowest BCUT2D eigenvalue weighted by Crippen LogP contribution is -2.27. The molecule has 0 amide bonds. The average molecular weight is 698 g/mol. The Morgan fingerprint density at radius 1 is 0.370 bits per heavy atom. The Morgan fingerprint density at radius 2 is 0.778 bits per heavy atom. The van der Waals surface area contributed by atoms with Crippen LogP contribution in [0.15, 0.2) is 164 Å². The molecule has 1 spiro atoms. The molecule has 0 bridgehead atoms. The van der Waals surface area contributed by atoms with E-state index in [-0.39, 0.29) is 10.8 Å². The number of nitrogens with zero attached hydrogens (tertiary/aromatic N) is 1. The Kier molecular flexibility index (Phi) is 7.91. The van der Waals surface area contributed by atoms with Gasteiger partial charge < -0.3 is 4.90 Å². The summed E-state index contributed by atoms with van der Waals surface area (Å²) >= 11 is 0. The Labute approximate surface area is 321 Å². The van der Waals surface area contributed by atoms with Crippen molar-refractivity contribution in [2.24, 2.45) is 0 Å². The molecule has 264 valence electrons. The number of hydrogen-bond acceptors (Lipinski definition) is 1. The molecule has 0 aromatic heterocycles. The van der Waals surface area contributed by atoms with E-state index >= 15 is 0 Å². The molecule has 54 heavy (non-hydrogen) atoms. The Morgan fingerprint density at radius 3 is 1.31 bits per heavy atom. The quantitative estimate of drug-likeness (QED) is 0.162. The molecule has 0 aliphatic heterocycles. The lowest BCUT2D eigenvalue weighted by molar-refractivity contribution is 0.586. The smallest absolute Gasteiger partial charge is 0.0725 e. The van der Waals surface area contributed by atoms with E-state index in [1.54, 1.807) is 0 Å². The highest BCUT2D eigenvalue weighted by atomic mass is 15.1. The Bertz CT molecular complexity index is 2440. The van der Waals surface area contributed by atoms with E-state index < -0.39 is 5.41 Å². The maximum absolute atomic E-state index is 2.52. The first kappa shape index (κ1) is 33.9. The van der Waals surface area contributed by atoms with Crippen molar-refractivity contribution >= 4 is 29.2 Å². The van der Waals surface area contributed by atoms with Gasteiger partial charge in [0, 0.05) is 17.1 Å². The molecule has 0 unspecified atom stereocenters. The minimum atomic E-state index is -0.400. The van der Waals surface area contributed by atoms with E-state index in [0.717, 1.165) is 17.1 Å². The topological polar surface area (TPSA) is 3.24 Å². The van der Waals surface area contributed by atoms with Gasteiger partial charge >= 0.3 is 0 Å². The van der Waals surface area contributed by atoms with Crippen LogP contribution in [0.3, 0.4) is 0 Å². The van der Waals surface area contributed by atoms with Gasteiger partial charge in [0.1, 0.15) is 0 Å². The summed E-state index contributed by atoms with van der Waals surface area (Å²) in [6.07, 6.45) is 4.54. The van der Waals surface area contributed by atoms with Crippen molar-refractivity contribution in [3.05, 3.63) is 208 Å². The molecule has 1 heteroatoms. The molecule has 7 aromatic rings. The molecule has 0 radical (unpaired) electrons. The van der Waals surface area contributed by atoms with Gasteiger partial charge in [0.05, 0.1) is 5.41 Å². The average Bonchev–Trinajstić information content (AvgIpc) is 3.64. The fourth-order valence-corrected chi connectivity index (χ4v) is 8.77. The number of hydrogen-bond donors (Lipinski definition) is 0. The second kappa shape index (κ2) is 12.6. The standard InChI is InChI=1S/C53H47N/c1-51(2,3)38-26-31-45-46-32-27-39(52(4,5)6)35-50(46)53(49(45)34-38)47-20-14-13-19-43(47)44-30-25-37(33-48(44)53)22-21-36-23-28-42(29-24-36)54(40-15-9-7-10-16-40)41-17-11-8-12-18-41/h7-35H,1-6H3/b22-21+. The van der Waals surface area contributed by atoms with Crippen molar-refractivity contribution in [2.45, 2.75) is 57.8 Å². The zero-order chi connectivity index (χ0) is 37.2. The highest BCUT2D eigenvalue weighted by molar-refractivity contribution is 5.96. The second-order valence-electron chi connectivity index (χ2n) is 17.1. The molecule has 9 rings (SSSR count). The largest absolute Gasteiger partial charge is 0.311 e. The van der Waals surface area contributed by atoms with Crippen LogP contribution in [0.1, 0.15) is 86.1 Å². The van der Waals surface area contributed by atoms with E-state index in [9.17, 15) is 0 Å². The van der Waals surface area contributed by atoms with Gasteiger partial charge in [0.25, 0.3) is 0 Å². The third kappa shape index (κ3) is 5.45. The van der Waals surface area contributed by atoms with Gasteiger partial charge in [0.15, 0.2) is 0 Å². The van der Waals surface area contributed by atoms with Crippen LogP contribution in [0.4, 0.5) is 17.1 Å². The summed E-state index contributed by atoms with van der Waals surface area (Å²) < 4.78 is 0. The first-order chi connectivity index (χ1) is 26.0. The molecule has 0 fully saturated rings. The molecule has 1 nitrogen and oxygen atoms in total. The van der Waals surface area contributed by atoms with Gasteiger partial charge in [-0.1, -0.05) is 175 Å². The predicted octanol–water partition coefficient (Wildman–Crippen LogP) is 14.3. The van der Waals surface area contributed by atoms with Gasteiger partial charge in [-0.15, -0.1) is 0 Å². The number of rotatable bonds is 5. The lowest BCUT2D eigenvalue weighted by atomic mass is 9.68. The Hall–Kier alpha value is -5.92. The monoisotopic (exact) mass is 697 g/mol. The van der Waals surface area contributed by atoms with Crippen LogP contribution in [0.25, 0.3) is 34.4 Å². The van der Waals surface area contributed by atoms with E-state index in [1.165, 1.54) is 66.8 Å². The molecule has 2 aliphatic rings. The van der Waals surface area contributed by atoms with Crippen molar-refractivity contribution in [3.63, 3.8) is 0 Å². The van der Waals surface area contributed by atoms with Gasteiger partial charge in [-0.2, -0.15) is 0 Å². The minimum Gasteiger partial charge on any atom is -0.311 e. The van der Waals surface area contributed by atoms with Crippen LogP contribution in [-0.4, -0.2) is 0 Å². The van der Waals surface area contributed by atoms with Gasteiger partial charge in [0.2, 0.25) is 0 Å². The van der Waals surface area contributed by atoms with Gasteiger partial charge in [-0.05, 0) is 120 Å². The van der Waals surface area contributed by atoms with E-state index in [0.29, 0.717) is 0 Å². The van der Waals surface area contributed by atoms with E-state index in [2.05, 4.69) is 222 Å². The maximum atomic E-state index is 2.52. The summed E-state index contributed by atoms with van der Waals surface area (Å²) in [7, 11) is 0. The first-order valence-corrected chi connectivity index (χ1v) is 19.3. The summed E-state index contributed by atoms with van der Waals surface area (Å²) in [6.45, 7) is 14.0. The zero-order valence-corrected chi connectivity index (χ0v) is 32.2. The minimum absolute atomic E-state index is 0.0296. The Balaban J connectivity index is 1.16. The molecule has 0 atom stereocenters. The number of benzene rings is 7. The molecule has 0 heterocycles. The van der Waals surface area contributed by atoms with Crippen LogP contribution in [0.2, 0.25) is 0 Å². The van der Waals surface area contributed by atoms with Gasteiger partial charge in [-0.25, -0.2) is 0 Å². The predicted molar refractivity (Wildman–Crippen MR) is 230 cm³/mol. The number of fused-ring (bicyclic) bond motifs is 10. The van der Waals surface area contributed by atoms with Crippen LogP contribution in [0.5, 0.6) is 0 Å². The van der Waals surface area contributed by atoms with Crippen molar-refractivity contribution in [3.8, 4) is 22.3 Å². The fourth-order valence-electron chi connectivity index (χ4n) is 8.77. The second-order valence-corrected chi connectivity index (χ2v) is 17.1. The van der Waals surface area contributed by atoms with Crippen LogP contribution >= 0.6 is 0 Å². The van der Waals surface area contributed by atoms with Crippen molar-refractivity contribution in [1.29, 1.82) is 0 Å². The summed E-state index contributed by atoms with van der Waals surface area (Å²) in [6, 6.07) is 60.8. The maximum Gasteiger partial charge on any atom is 0.0725 e. The summed E-state index contributed by atoms with van der Waals surface area (Å²) in [5.74, 6) is 0. The SMILES string of the molecule is CC(C)(C)c1ccc2c(c1)C1(c3ccccc3-c3ccc(/C=C/c4ccc(N(c5ccccc5)c5ccccc5)cc4)cc31)c1cc(C(C)(C)C)ccc1-2. The van der Waals surface area contributed by atoms with Crippen molar-refractivity contribution in [2.75, 3.05) is 4.90 Å². The van der Waals surface area contributed by atoms with Crippen LogP contribution < -0.4 is 4.90 Å². The summed E-state index contributed by atoms with van der Waals surface area (Å²) in [5, 5.41) is 0. The molecule has 0 N–H and O–H groups in total.